The van der Waals surface area contributed by atoms with Gasteiger partial charge in [-0.1, -0.05) is 0 Å². The quantitative estimate of drug-likeness (QED) is 0.936. The lowest BCUT2D eigenvalue weighted by Crippen LogP contribution is -2.38. The number of aromatic carboxylic acids is 1. The first kappa shape index (κ1) is 13.2. The highest BCUT2D eigenvalue weighted by atomic mass is 19.1. The summed E-state index contributed by atoms with van der Waals surface area (Å²) in [5.41, 5.74) is 0.291. The van der Waals surface area contributed by atoms with E-state index in [-0.39, 0.29) is 30.6 Å². The Kier molecular flexibility index (Phi) is 3.09. The fourth-order valence-electron chi connectivity index (χ4n) is 2.08. The third-order valence-electron chi connectivity index (χ3n) is 3.05. The Balaban J connectivity index is 1.92. The van der Waals surface area contributed by atoms with E-state index in [4.69, 9.17) is 14.3 Å². The Bertz CT molecular complexity index is 724. The number of carbonyl (C=O) groups is 2. The fraction of sp³-hybridized carbons (Fsp3) is 0.143. The van der Waals surface area contributed by atoms with Crippen LogP contribution in [0.5, 0.6) is 5.75 Å². The van der Waals surface area contributed by atoms with Crippen molar-refractivity contribution in [1.29, 1.82) is 0 Å². The molecule has 0 spiro atoms. The maximum absolute atomic E-state index is 13.3. The third-order valence-corrected chi connectivity index (χ3v) is 3.05. The SMILES string of the molecule is O=C(O)c1ccc(CN2C(=O)COc3ccc(F)cc32)o1. The molecule has 21 heavy (non-hydrogen) atoms. The van der Waals surface area contributed by atoms with Crippen LogP contribution in [0, 0.1) is 5.82 Å². The summed E-state index contributed by atoms with van der Waals surface area (Å²) in [6, 6.07) is 6.63. The molecule has 0 aliphatic carbocycles. The zero-order valence-electron chi connectivity index (χ0n) is 10.7. The van der Waals surface area contributed by atoms with Crippen LogP contribution in [0.15, 0.2) is 34.7 Å². The van der Waals surface area contributed by atoms with E-state index < -0.39 is 11.8 Å². The van der Waals surface area contributed by atoms with Crippen molar-refractivity contribution in [2.24, 2.45) is 0 Å². The summed E-state index contributed by atoms with van der Waals surface area (Å²) in [4.78, 5) is 24.0. The zero-order chi connectivity index (χ0) is 15.0. The molecule has 0 radical (unpaired) electrons. The van der Waals surface area contributed by atoms with Gasteiger partial charge in [-0.05, 0) is 24.3 Å². The molecule has 0 fully saturated rings. The van der Waals surface area contributed by atoms with Gasteiger partial charge < -0.3 is 14.3 Å². The normalized spacial score (nSPS) is 13.8. The summed E-state index contributed by atoms with van der Waals surface area (Å²) >= 11 is 0. The van der Waals surface area contributed by atoms with E-state index in [1.807, 2.05) is 0 Å². The first-order chi connectivity index (χ1) is 10.0. The fourth-order valence-corrected chi connectivity index (χ4v) is 2.08. The molecule has 7 heteroatoms. The molecule has 0 saturated carbocycles. The molecule has 0 atom stereocenters. The van der Waals surface area contributed by atoms with Crippen molar-refractivity contribution in [3.8, 4) is 5.75 Å². The molecule has 3 rings (SSSR count). The van der Waals surface area contributed by atoms with E-state index in [0.29, 0.717) is 11.4 Å². The third kappa shape index (κ3) is 2.45. The number of nitrogens with zero attached hydrogens (tertiary/aromatic N) is 1. The van der Waals surface area contributed by atoms with Crippen LogP contribution in [0.3, 0.4) is 0 Å². The molecule has 1 N–H and O–H groups in total. The van der Waals surface area contributed by atoms with Crippen molar-refractivity contribution >= 4 is 17.6 Å². The number of ether oxygens (including phenoxy) is 1. The molecule has 2 aromatic rings. The van der Waals surface area contributed by atoms with Crippen LogP contribution in [0.2, 0.25) is 0 Å². The van der Waals surface area contributed by atoms with Gasteiger partial charge in [-0.3, -0.25) is 9.69 Å². The van der Waals surface area contributed by atoms with E-state index in [9.17, 15) is 14.0 Å². The van der Waals surface area contributed by atoms with Gasteiger partial charge in [0.05, 0.1) is 12.2 Å². The number of halogens is 1. The van der Waals surface area contributed by atoms with Gasteiger partial charge in [0.1, 0.15) is 17.3 Å². The maximum Gasteiger partial charge on any atom is 0.371 e. The number of fused-ring (bicyclic) bond motifs is 1. The molecule has 6 nitrogen and oxygen atoms in total. The molecular weight excluding hydrogens is 281 g/mol. The molecule has 1 aromatic heterocycles. The molecule has 2 heterocycles. The minimum Gasteiger partial charge on any atom is -0.482 e. The molecule has 108 valence electrons. The number of rotatable bonds is 3. The molecule has 0 bridgehead atoms. The smallest absolute Gasteiger partial charge is 0.371 e. The van der Waals surface area contributed by atoms with Crippen molar-refractivity contribution in [3.63, 3.8) is 0 Å². The Morgan fingerprint density at radius 3 is 2.86 bits per heavy atom. The first-order valence-electron chi connectivity index (χ1n) is 6.09. The van der Waals surface area contributed by atoms with Crippen molar-refractivity contribution < 1.29 is 28.2 Å². The van der Waals surface area contributed by atoms with Gasteiger partial charge in [-0.2, -0.15) is 0 Å². The summed E-state index contributed by atoms with van der Waals surface area (Å²) in [6.45, 7) is -0.156. The predicted molar refractivity (Wildman–Crippen MR) is 68.8 cm³/mol. The van der Waals surface area contributed by atoms with Crippen molar-refractivity contribution in [2.75, 3.05) is 11.5 Å². The largest absolute Gasteiger partial charge is 0.482 e. The van der Waals surface area contributed by atoms with Gasteiger partial charge >= 0.3 is 5.97 Å². The lowest BCUT2D eigenvalue weighted by molar-refractivity contribution is -0.121. The predicted octanol–water partition coefficient (Wildman–Crippen LogP) is 2.04. The molecule has 1 aliphatic heterocycles. The summed E-state index contributed by atoms with van der Waals surface area (Å²) < 4.78 is 23.7. The van der Waals surface area contributed by atoms with E-state index in [0.717, 1.165) is 0 Å². The highest BCUT2D eigenvalue weighted by Crippen LogP contribution is 2.33. The molecule has 0 saturated heterocycles. The average Bonchev–Trinajstić information content (AvgIpc) is 2.91. The molecular formula is C14H10FNO5. The number of carboxylic acid groups (broad SMARTS) is 1. The summed E-state index contributed by atoms with van der Waals surface area (Å²) in [5, 5.41) is 8.81. The van der Waals surface area contributed by atoms with Gasteiger partial charge in [0, 0.05) is 6.07 Å². The van der Waals surface area contributed by atoms with E-state index in [2.05, 4.69) is 0 Å². The summed E-state index contributed by atoms with van der Waals surface area (Å²) in [5.74, 6) is -1.59. The van der Waals surface area contributed by atoms with E-state index in [1.54, 1.807) is 0 Å². The van der Waals surface area contributed by atoms with Gasteiger partial charge in [0.2, 0.25) is 5.76 Å². The van der Waals surface area contributed by atoms with Gasteiger partial charge in [-0.15, -0.1) is 0 Å². The Labute approximate surface area is 118 Å². The summed E-state index contributed by atoms with van der Waals surface area (Å²) in [7, 11) is 0. The van der Waals surface area contributed by atoms with Crippen LogP contribution >= 0.6 is 0 Å². The average molecular weight is 291 g/mol. The lowest BCUT2D eigenvalue weighted by atomic mass is 10.2. The first-order valence-corrected chi connectivity index (χ1v) is 6.09. The Morgan fingerprint density at radius 1 is 1.33 bits per heavy atom. The highest BCUT2D eigenvalue weighted by molar-refractivity contribution is 5.97. The highest BCUT2D eigenvalue weighted by Gasteiger charge is 2.27. The Morgan fingerprint density at radius 2 is 2.14 bits per heavy atom. The Hall–Kier alpha value is -2.83. The van der Waals surface area contributed by atoms with Gasteiger partial charge in [-0.25, -0.2) is 9.18 Å². The van der Waals surface area contributed by atoms with Crippen LogP contribution in [0.4, 0.5) is 10.1 Å². The number of carboxylic acids is 1. The second kappa shape index (κ2) is 4.93. The van der Waals surface area contributed by atoms with Gasteiger partial charge in [0.15, 0.2) is 6.61 Å². The molecule has 1 amide bonds. The number of benzene rings is 1. The number of anilines is 1. The van der Waals surface area contributed by atoms with Crippen molar-refractivity contribution in [3.05, 3.63) is 47.7 Å². The molecule has 1 aliphatic rings. The molecule has 1 aromatic carbocycles. The van der Waals surface area contributed by atoms with Gasteiger partial charge in [0.25, 0.3) is 5.91 Å². The van der Waals surface area contributed by atoms with Crippen LogP contribution in [0.25, 0.3) is 0 Å². The number of amides is 1. The van der Waals surface area contributed by atoms with Crippen LogP contribution in [-0.4, -0.2) is 23.6 Å². The van der Waals surface area contributed by atoms with E-state index >= 15 is 0 Å². The second-order valence-corrected chi connectivity index (χ2v) is 4.45. The van der Waals surface area contributed by atoms with Crippen LogP contribution in [0.1, 0.15) is 16.3 Å². The molecule has 0 unspecified atom stereocenters. The maximum atomic E-state index is 13.3. The minimum atomic E-state index is -1.19. The van der Waals surface area contributed by atoms with E-state index in [1.165, 1.54) is 35.2 Å². The second-order valence-electron chi connectivity index (χ2n) is 4.45. The number of hydrogen-bond acceptors (Lipinski definition) is 4. The summed E-state index contributed by atoms with van der Waals surface area (Å²) in [6.07, 6.45) is 0. The number of carbonyl (C=O) groups excluding carboxylic acids is 1. The topological polar surface area (TPSA) is 80.0 Å². The monoisotopic (exact) mass is 291 g/mol. The number of furan rings is 1. The zero-order valence-corrected chi connectivity index (χ0v) is 10.7. The standard InChI is InChI=1S/C14H10FNO5/c15-8-1-3-11-10(5-8)16(13(17)7-20-11)6-9-2-4-12(21-9)14(18)19/h1-5H,6-7H2,(H,18,19). The minimum absolute atomic E-state index is 0.00588. The van der Waals surface area contributed by atoms with Crippen LogP contribution in [-0.2, 0) is 11.3 Å². The van der Waals surface area contributed by atoms with Crippen molar-refractivity contribution in [1.82, 2.24) is 0 Å². The number of hydrogen-bond donors (Lipinski definition) is 1. The van der Waals surface area contributed by atoms with Crippen molar-refractivity contribution in [2.45, 2.75) is 6.54 Å². The lowest BCUT2D eigenvalue weighted by Gasteiger charge is -2.28. The van der Waals surface area contributed by atoms with Crippen LogP contribution < -0.4 is 9.64 Å².